The van der Waals surface area contributed by atoms with Gasteiger partial charge in [-0.15, -0.1) is 0 Å². The van der Waals surface area contributed by atoms with Crippen LogP contribution in [0.1, 0.15) is 32.4 Å². The van der Waals surface area contributed by atoms with E-state index in [0.29, 0.717) is 36.6 Å². The molecule has 6 heteroatoms. The van der Waals surface area contributed by atoms with Crippen molar-refractivity contribution in [1.29, 1.82) is 0 Å². The van der Waals surface area contributed by atoms with Crippen molar-refractivity contribution in [3.8, 4) is 11.5 Å². The highest BCUT2D eigenvalue weighted by Crippen LogP contribution is 2.29. The van der Waals surface area contributed by atoms with Crippen molar-refractivity contribution < 1.29 is 19.4 Å². The van der Waals surface area contributed by atoms with Crippen molar-refractivity contribution in [2.24, 2.45) is 0 Å². The molecular weight excluding hydrogens is 260 g/mol. The normalized spacial score (nSPS) is 11.2. The molecule has 2 N–H and O–H groups in total. The molecule has 1 heterocycles. The summed E-state index contributed by atoms with van der Waals surface area (Å²) in [6, 6.07) is 1.70. The molecule has 1 aromatic rings. The number of hydrogen-bond acceptors (Lipinski definition) is 5. The summed E-state index contributed by atoms with van der Waals surface area (Å²) >= 11 is 0. The second-order valence-corrected chi connectivity index (χ2v) is 4.44. The molecule has 0 atom stereocenters. The molecule has 0 amide bonds. The Kier molecular flexibility index (Phi) is 5.76. The number of rotatable bonds is 8. The lowest BCUT2D eigenvalue weighted by Gasteiger charge is -2.28. The minimum Gasteiger partial charge on any atom is -0.493 e. The molecule has 20 heavy (non-hydrogen) atoms. The lowest BCUT2D eigenvalue weighted by atomic mass is 9.93. The third-order valence-corrected chi connectivity index (χ3v) is 3.58. The first kappa shape index (κ1) is 16.2. The van der Waals surface area contributed by atoms with E-state index in [1.165, 1.54) is 7.11 Å². The van der Waals surface area contributed by atoms with E-state index in [0.717, 1.165) is 0 Å². The molecular formula is C14H22N2O4. The van der Waals surface area contributed by atoms with Gasteiger partial charge in [0.15, 0.2) is 11.5 Å². The van der Waals surface area contributed by atoms with Crippen LogP contribution in [-0.4, -0.2) is 35.8 Å². The topological polar surface area (TPSA) is 80.7 Å². The number of hydrogen-bond donors (Lipinski definition) is 2. The molecule has 0 spiro atoms. The average molecular weight is 282 g/mol. The molecule has 1 rings (SSSR count). The Bertz CT molecular complexity index is 458. The van der Waals surface area contributed by atoms with Gasteiger partial charge in [0.1, 0.15) is 5.54 Å². The first-order valence-corrected chi connectivity index (χ1v) is 6.58. The molecule has 6 nitrogen and oxygen atoms in total. The molecule has 0 saturated carbocycles. The SMILES string of the molecule is CCC(CC)(NCc1nccc(OC)c1OC)C(=O)O. The van der Waals surface area contributed by atoms with Gasteiger partial charge in [0.25, 0.3) is 0 Å². The van der Waals surface area contributed by atoms with Gasteiger partial charge in [0, 0.05) is 18.8 Å². The van der Waals surface area contributed by atoms with Crippen LogP contribution in [-0.2, 0) is 11.3 Å². The largest absolute Gasteiger partial charge is 0.493 e. The van der Waals surface area contributed by atoms with E-state index < -0.39 is 11.5 Å². The smallest absolute Gasteiger partial charge is 0.323 e. The van der Waals surface area contributed by atoms with Crippen LogP contribution in [0.25, 0.3) is 0 Å². The van der Waals surface area contributed by atoms with Crippen LogP contribution < -0.4 is 14.8 Å². The molecule has 0 radical (unpaired) electrons. The van der Waals surface area contributed by atoms with Gasteiger partial charge in [-0.2, -0.15) is 0 Å². The fourth-order valence-electron chi connectivity index (χ4n) is 2.11. The summed E-state index contributed by atoms with van der Waals surface area (Å²) in [5.74, 6) is 0.242. The summed E-state index contributed by atoms with van der Waals surface area (Å²) in [6.45, 7) is 4.00. The van der Waals surface area contributed by atoms with Crippen molar-refractivity contribution >= 4 is 5.97 Å². The van der Waals surface area contributed by atoms with E-state index in [1.54, 1.807) is 19.4 Å². The molecule has 0 aliphatic rings. The minimum absolute atomic E-state index is 0.300. The number of carboxylic acids is 1. The second-order valence-electron chi connectivity index (χ2n) is 4.44. The van der Waals surface area contributed by atoms with Gasteiger partial charge in [-0.25, -0.2) is 0 Å². The van der Waals surface area contributed by atoms with Crippen molar-refractivity contribution in [2.75, 3.05) is 14.2 Å². The van der Waals surface area contributed by atoms with E-state index >= 15 is 0 Å². The number of pyridine rings is 1. The number of carbonyl (C=O) groups is 1. The van der Waals surface area contributed by atoms with E-state index in [-0.39, 0.29) is 0 Å². The quantitative estimate of drug-likeness (QED) is 0.757. The number of carboxylic acid groups (broad SMARTS) is 1. The Hall–Kier alpha value is -1.82. The van der Waals surface area contributed by atoms with Crippen molar-refractivity contribution in [3.63, 3.8) is 0 Å². The Morgan fingerprint density at radius 3 is 2.45 bits per heavy atom. The summed E-state index contributed by atoms with van der Waals surface area (Å²) in [5.41, 5.74) is -0.324. The van der Waals surface area contributed by atoms with Gasteiger partial charge in [-0.1, -0.05) is 13.8 Å². The predicted octanol–water partition coefficient (Wildman–Crippen LogP) is 1.83. The molecule has 0 aliphatic carbocycles. The maximum absolute atomic E-state index is 11.4. The molecule has 0 fully saturated rings. The third-order valence-electron chi connectivity index (χ3n) is 3.58. The molecule has 0 bridgehead atoms. The van der Waals surface area contributed by atoms with Crippen LogP contribution in [0.5, 0.6) is 11.5 Å². The van der Waals surface area contributed by atoms with Gasteiger partial charge in [0.2, 0.25) is 0 Å². The summed E-state index contributed by atoms with van der Waals surface area (Å²) in [6.07, 6.45) is 2.59. The summed E-state index contributed by atoms with van der Waals surface area (Å²) in [5, 5.41) is 12.5. The maximum atomic E-state index is 11.4. The average Bonchev–Trinajstić information content (AvgIpc) is 2.47. The lowest BCUT2D eigenvalue weighted by molar-refractivity contribution is -0.145. The number of nitrogens with one attached hydrogen (secondary N) is 1. The van der Waals surface area contributed by atoms with E-state index in [4.69, 9.17) is 9.47 Å². The highest BCUT2D eigenvalue weighted by Gasteiger charge is 2.34. The monoisotopic (exact) mass is 282 g/mol. The molecule has 112 valence electrons. The Balaban J connectivity index is 2.96. The third kappa shape index (κ3) is 3.19. The van der Waals surface area contributed by atoms with Crippen LogP contribution in [0.15, 0.2) is 12.3 Å². The number of nitrogens with zero attached hydrogens (tertiary/aromatic N) is 1. The Labute approximate surface area is 119 Å². The number of aliphatic carboxylic acids is 1. The number of aromatic nitrogens is 1. The van der Waals surface area contributed by atoms with E-state index in [2.05, 4.69) is 10.3 Å². The van der Waals surface area contributed by atoms with Gasteiger partial charge in [0.05, 0.1) is 19.9 Å². The van der Waals surface area contributed by atoms with Gasteiger partial charge in [-0.3, -0.25) is 15.1 Å². The fourth-order valence-corrected chi connectivity index (χ4v) is 2.11. The molecule has 0 unspecified atom stereocenters. The Morgan fingerprint density at radius 1 is 1.35 bits per heavy atom. The number of ether oxygens (including phenoxy) is 2. The van der Waals surface area contributed by atoms with Crippen LogP contribution in [0.4, 0.5) is 0 Å². The van der Waals surface area contributed by atoms with Gasteiger partial charge >= 0.3 is 5.97 Å². The van der Waals surface area contributed by atoms with Crippen molar-refractivity contribution in [1.82, 2.24) is 10.3 Å². The van der Waals surface area contributed by atoms with Crippen LogP contribution >= 0.6 is 0 Å². The molecule has 0 aliphatic heterocycles. The van der Waals surface area contributed by atoms with Crippen LogP contribution in [0.2, 0.25) is 0 Å². The zero-order valence-corrected chi connectivity index (χ0v) is 12.4. The molecule has 1 aromatic heterocycles. The maximum Gasteiger partial charge on any atom is 0.323 e. The highest BCUT2D eigenvalue weighted by atomic mass is 16.5. The van der Waals surface area contributed by atoms with Crippen molar-refractivity contribution in [3.05, 3.63) is 18.0 Å². The van der Waals surface area contributed by atoms with Crippen molar-refractivity contribution in [2.45, 2.75) is 38.8 Å². The first-order chi connectivity index (χ1) is 9.54. The zero-order chi connectivity index (χ0) is 15.2. The fraction of sp³-hybridized carbons (Fsp3) is 0.571. The first-order valence-electron chi connectivity index (χ1n) is 6.58. The van der Waals surface area contributed by atoms with E-state index in [1.807, 2.05) is 13.8 Å². The number of methoxy groups -OCH3 is 2. The minimum atomic E-state index is -0.949. The molecule has 0 saturated heterocycles. The zero-order valence-electron chi connectivity index (χ0n) is 12.4. The van der Waals surface area contributed by atoms with Crippen LogP contribution in [0, 0.1) is 0 Å². The highest BCUT2D eigenvalue weighted by molar-refractivity contribution is 5.78. The van der Waals surface area contributed by atoms with Gasteiger partial charge < -0.3 is 14.6 Å². The van der Waals surface area contributed by atoms with E-state index in [9.17, 15) is 9.90 Å². The lowest BCUT2D eigenvalue weighted by Crippen LogP contribution is -2.50. The summed E-state index contributed by atoms with van der Waals surface area (Å²) < 4.78 is 10.5. The standard InChI is InChI=1S/C14H22N2O4/c1-5-14(6-2,13(17)18)16-9-10-12(20-4)11(19-3)7-8-15-10/h7-8,16H,5-6,9H2,1-4H3,(H,17,18). The van der Waals surface area contributed by atoms with Crippen LogP contribution in [0.3, 0.4) is 0 Å². The summed E-state index contributed by atoms with van der Waals surface area (Å²) in [7, 11) is 3.09. The molecule has 0 aromatic carbocycles. The Morgan fingerprint density at radius 2 is 2.00 bits per heavy atom. The predicted molar refractivity (Wildman–Crippen MR) is 75.1 cm³/mol. The van der Waals surface area contributed by atoms with Gasteiger partial charge in [-0.05, 0) is 12.8 Å². The second kappa shape index (κ2) is 7.09. The summed E-state index contributed by atoms with van der Waals surface area (Å²) in [4.78, 5) is 15.7.